The van der Waals surface area contributed by atoms with Gasteiger partial charge in [-0.25, -0.2) is 4.21 Å². The van der Waals surface area contributed by atoms with E-state index in [1.54, 1.807) is 71.4 Å². The van der Waals surface area contributed by atoms with E-state index in [-0.39, 0.29) is 28.3 Å². The molecule has 20 heteroatoms. The highest BCUT2D eigenvalue weighted by Gasteiger charge is 2.33. The maximum absolute atomic E-state index is 12.7. The molecule has 7 N–H and O–H groups in total. The topological polar surface area (TPSA) is 218 Å². The summed E-state index contributed by atoms with van der Waals surface area (Å²) in [5.41, 5.74) is 28.1. The van der Waals surface area contributed by atoms with Crippen LogP contribution in [0.25, 0.3) is 0 Å². The van der Waals surface area contributed by atoms with Gasteiger partial charge in [-0.15, -0.1) is 0 Å². The zero-order valence-electron chi connectivity index (χ0n) is 43.5. The third-order valence-corrected chi connectivity index (χ3v) is 17.3. The lowest BCUT2D eigenvalue weighted by molar-refractivity contribution is -0.385. The van der Waals surface area contributed by atoms with Crippen LogP contribution in [0.5, 0.6) is 0 Å². The number of para-hydroxylation sites is 2. The Labute approximate surface area is 467 Å². The summed E-state index contributed by atoms with van der Waals surface area (Å²) in [6.07, 6.45) is 0. The van der Waals surface area contributed by atoms with Crippen LogP contribution in [0.4, 0.5) is 79.6 Å². The number of nitro benzene ring substituents is 1. The van der Waals surface area contributed by atoms with Gasteiger partial charge in [0.15, 0.2) is 0 Å². The Morgan fingerprint density at radius 1 is 0.474 bits per heavy atom. The monoisotopic (exact) mass is 1110 g/mol. The Balaban J connectivity index is 0.000000128. The second-order valence-electron chi connectivity index (χ2n) is 18.4. The van der Waals surface area contributed by atoms with Crippen LogP contribution in [0.1, 0.15) is 20.8 Å². The van der Waals surface area contributed by atoms with E-state index >= 15 is 0 Å². The van der Waals surface area contributed by atoms with E-state index in [2.05, 4.69) is 87.9 Å². The van der Waals surface area contributed by atoms with Crippen molar-refractivity contribution in [2.24, 2.45) is 0 Å². The van der Waals surface area contributed by atoms with E-state index in [9.17, 15) is 28.7 Å². The number of nitro groups is 1. The maximum atomic E-state index is 12.7. The first-order valence-corrected chi connectivity index (χ1v) is 27.8. The summed E-state index contributed by atoms with van der Waals surface area (Å²) in [6.45, 7) is 4.54. The molecule has 0 radical (unpaired) electrons. The van der Waals surface area contributed by atoms with Crippen LogP contribution < -0.4 is 47.0 Å². The molecule has 4 heterocycles. The molecule has 0 saturated carbocycles. The molecular weight excluding hydrogens is 1060 g/mol. The third kappa shape index (κ3) is 11.2. The molecule has 16 nitrogen and oxygen atoms in total. The number of amides is 3. The molecule has 8 aromatic carbocycles. The van der Waals surface area contributed by atoms with Crippen molar-refractivity contribution in [3.63, 3.8) is 0 Å². The van der Waals surface area contributed by atoms with Crippen molar-refractivity contribution in [3.05, 3.63) is 168 Å². The lowest BCUT2D eigenvalue weighted by Crippen LogP contribution is -2.28. The molecule has 0 bridgehead atoms. The fraction of sp³-hybridized carbons (Fsp3) is 0.121. The zero-order valence-corrected chi connectivity index (χ0v) is 46.8. The summed E-state index contributed by atoms with van der Waals surface area (Å²) in [5.74, 6) is -0.279. The Bertz CT molecular complexity index is 3550. The number of carbonyl (C=O) groups is 3. The predicted octanol–water partition coefficient (Wildman–Crippen LogP) is 13.2. The Hall–Kier alpha value is -8.43. The van der Waals surface area contributed by atoms with Crippen molar-refractivity contribution in [3.8, 4) is 0 Å². The van der Waals surface area contributed by atoms with E-state index in [4.69, 9.17) is 17.2 Å². The zero-order chi connectivity index (χ0) is 55.7. The van der Waals surface area contributed by atoms with Crippen LogP contribution >= 0.6 is 35.3 Å². The van der Waals surface area contributed by atoms with Gasteiger partial charge in [-0.1, -0.05) is 59.6 Å². The number of non-ortho nitro benzene ring substituents is 1. The fourth-order valence-electron chi connectivity index (χ4n) is 8.85. The van der Waals surface area contributed by atoms with Crippen molar-refractivity contribution in [1.29, 1.82) is 0 Å². The van der Waals surface area contributed by atoms with Gasteiger partial charge in [0.2, 0.25) is 17.7 Å². The summed E-state index contributed by atoms with van der Waals surface area (Å²) < 4.78 is 12.7. The molecule has 3 amide bonds. The van der Waals surface area contributed by atoms with Gasteiger partial charge in [0.1, 0.15) is 0 Å². The Kier molecular flexibility index (Phi) is 15.8. The normalized spacial score (nSPS) is 13.5. The van der Waals surface area contributed by atoms with Gasteiger partial charge in [-0.2, -0.15) is 0 Å². The number of benzene rings is 8. The van der Waals surface area contributed by atoms with Crippen LogP contribution in [0, 0.1) is 10.1 Å². The van der Waals surface area contributed by atoms with E-state index in [0.717, 1.165) is 53.7 Å². The van der Waals surface area contributed by atoms with E-state index < -0.39 is 15.7 Å². The first-order chi connectivity index (χ1) is 37.3. The minimum absolute atomic E-state index is 0.0302. The highest BCUT2D eigenvalue weighted by molar-refractivity contribution is 8.00. The summed E-state index contributed by atoms with van der Waals surface area (Å²) in [4.78, 5) is 62.9. The number of nitrogens with two attached hydrogens (primary N) is 3. The van der Waals surface area contributed by atoms with Crippen molar-refractivity contribution < 1.29 is 23.5 Å². The van der Waals surface area contributed by atoms with Crippen LogP contribution in [0.15, 0.2) is 197 Å². The number of carbonyl (C=O) groups excluding carboxylic acids is 3. The number of nitrogen functional groups attached to an aromatic ring is 3. The maximum Gasteiger partial charge on any atom is 0.270 e. The van der Waals surface area contributed by atoms with Crippen molar-refractivity contribution >= 4 is 143 Å². The van der Waals surface area contributed by atoms with Crippen molar-refractivity contribution in [1.82, 2.24) is 0 Å². The number of nitrogens with one attached hydrogen (secondary N) is 1. The quantitative estimate of drug-likeness (QED) is 0.0735. The van der Waals surface area contributed by atoms with Crippen LogP contribution in [-0.2, 0) is 25.2 Å². The van der Waals surface area contributed by atoms with Crippen LogP contribution in [0.2, 0.25) is 0 Å². The third-order valence-electron chi connectivity index (χ3n) is 12.5. The van der Waals surface area contributed by atoms with Gasteiger partial charge in [-0.3, -0.25) is 39.2 Å². The van der Waals surface area contributed by atoms with Gasteiger partial charge >= 0.3 is 0 Å². The molecule has 12 rings (SSSR count). The van der Waals surface area contributed by atoms with Gasteiger partial charge in [0.25, 0.3) is 5.69 Å². The molecule has 4 aliphatic heterocycles. The Morgan fingerprint density at radius 3 is 1.24 bits per heavy atom. The molecule has 0 aliphatic carbocycles. The van der Waals surface area contributed by atoms with Crippen molar-refractivity contribution in [2.45, 2.75) is 59.9 Å². The molecule has 0 aromatic heterocycles. The fourth-order valence-corrected chi connectivity index (χ4v) is 13.5. The molecule has 4 aliphatic rings. The largest absolute Gasteiger partial charge is 0.399 e. The van der Waals surface area contributed by atoms with Gasteiger partial charge in [-0.05, 0) is 121 Å². The highest BCUT2D eigenvalue weighted by Crippen LogP contribution is 2.52. The second kappa shape index (κ2) is 22.6. The molecule has 0 fully saturated rings. The number of anilines is 13. The summed E-state index contributed by atoms with van der Waals surface area (Å²) in [7, 11) is 6.45. The average Bonchev–Trinajstić information content (AvgIpc) is 3.50. The number of hydrogen-bond acceptors (Lipinski definition) is 15. The number of rotatable bonds is 3. The second-order valence-corrected chi connectivity index (χ2v) is 23.1. The minimum Gasteiger partial charge on any atom is -0.399 e. The lowest BCUT2D eigenvalue weighted by Gasteiger charge is -2.32. The molecular formula is C58H54N10O6S4. The lowest BCUT2D eigenvalue weighted by atomic mass is 10.2. The van der Waals surface area contributed by atoms with E-state index in [0.29, 0.717) is 33.3 Å². The summed E-state index contributed by atoms with van der Waals surface area (Å²) in [6, 6.07) is 49.0. The highest BCUT2D eigenvalue weighted by atomic mass is 32.2. The summed E-state index contributed by atoms with van der Waals surface area (Å²) >= 11 is 5.12. The molecule has 78 heavy (non-hydrogen) atoms. The average molecular weight is 1120 g/mol. The first-order valence-electron chi connectivity index (χ1n) is 24.2. The molecule has 1 atom stereocenters. The molecule has 0 spiro atoms. The molecule has 1 unspecified atom stereocenters. The van der Waals surface area contributed by atoms with E-state index in [1.807, 2.05) is 76.4 Å². The van der Waals surface area contributed by atoms with Gasteiger partial charge < -0.3 is 32.3 Å². The predicted molar refractivity (Wildman–Crippen MR) is 319 cm³/mol. The first kappa shape index (κ1) is 54.4. The molecule has 8 aromatic rings. The van der Waals surface area contributed by atoms with E-state index in [1.165, 1.54) is 57.3 Å². The minimum atomic E-state index is -1.64. The molecule has 0 saturated heterocycles. The van der Waals surface area contributed by atoms with Gasteiger partial charge in [0.05, 0.1) is 71.0 Å². The SMILES string of the molecule is CC(=O)N1c2ccc(N(C)C)cc2Sc2cc(N(C)C)ccc21.CC(=O)N1c2ccc(N)cc2S(=O)c2cc([N+](=O)[O-])ccc21.CC(=O)N1c2ccc(N)cc2Sc2cc(N)ccc21.c1ccc2c(c1)Nc1ccccc1S2. The number of nitrogens with zero attached hydrogens (tertiary/aromatic N) is 6. The molecule has 396 valence electrons. The number of fused-ring (bicyclic) bond motifs is 8. The summed E-state index contributed by atoms with van der Waals surface area (Å²) in [5, 5.41) is 14.3. The van der Waals surface area contributed by atoms with Crippen LogP contribution in [0.3, 0.4) is 0 Å². The smallest absolute Gasteiger partial charge is 0.270 e. The van der Waals surface area contributed by atoms with Crippen molar-refractivity contribution in [2.75, 3.05) is 75.2 Å². The van der Waals surface area contributed by atoms with Gasteiger partial charge in [0, 0.05) is 119 Å². The standard InChI is InChI=1S/C18H21N3OS.C14H11N3O4S.C14H13N3OS.C12H9NS/c1-12(22)21-15-8-6-13(19(2)3)10-17(15)23-18-11-14(20(4)5)7-9-16(18)21;1-8(18)16-11-4-2-9(15)6-13(11)22(21)14-7-10(17(19)20)3-5-12(14)16;1-8(18)17-11-4-2-9(15)6-13(11)19-14-7-10(16)3-5-12(14)17;1-3-7-11-9(5-1)13-10-6-2-4-8-12(10)14-11/h6-11H,1-5H3;2-7H,15H2,1H3;2-7H,15-16H2,1H3;1-8,13H. The van der Waals surface area contributed by atoms with Crippen LogP contribution in [-0.4, -0.2) is 55.0 Å². The number of hydrogen-bond donors (Lipinski definition) is 4. The Morgan fingerprint density at radius 2 is 0.821 bits per heavy atom.